The number of nitrogens with zero attached hydrogens (tertiary/aromatic N) is 3. The predicted octanol–water partition coefficient (Wildman–Crippen LogP) is 15.8. The molecule has 0 saturated carbocycles. The number of rotatable bonds is 6. The predicted molar refractivity (Wildman–Crippen MR) is 256 cm³/mol. The lowest BCUT2D eigenvalue weighted by Crippen LogP contribution is -1.96. The van der Waals surface area contributed by atoms with Gasteiger partial charge in [-0.3, -0.25) is 4.98 Å². The zero-order valence-electron chi connectivity index (χ0n) is 32.2. The van der Waals surface area contributed by atoms with Gasteiger partial charge in [0.2, 0.25) is 0 Å². The normalized spacial score (nSPS) is 11.7. The minimum absolute atomic E-state index is 0.693. The molecule has 60 heavy (non-hydrogen) atoms. The molecule has 0 aliphatic carbocycles. The minimum Gasteiger partial charge on any atom is -0.264 e. The Morgan fingerprint density at radius 3 is 1.53 bits per heavy atom. The van der Waals surface area contributed by atoms with Crippen LogP contribution in [0.2, 0.25) is 0 Å². The Morgan fingerprint density at radius 2 is 0.867 bits per heavy atom. The van der Waals surface area contributed by atoms with Crippen molar-refractivity contribution in [3.63, 3.8) is 0 Å². The van der Waals surface area contributed by atoms with Gasteiger partial charge in [-0.05, 0) is 105 Å². The number of benzene rings is 8. The summed E-state index contributed by atoms with van der Waals surface area (Å²) in [5.41, 5.74) is 11.8. The Hall–Kier alpha value is -7.31. The smallest absolute Gasteiger partial charge is 0.160 e. The summed E-state index contributed by atoms with van der Waals surface area (Å²) < 4.78 is 5.20. The number of aromatic nitrogens is 3. The van der Waals surface area contributed by atoms with Crippen molar-refractivity contribution < 1.29 is 0 Å². The van der Waals surface area contributed by atoms with Gasteiger partial charge in [0, 0.05) is 74.8 Å². The molecule has 8 aromatic carbocycles. The van der Waals surface area contributed by atoms with Crippen molar-refractivity contribution in [3.8, 4) is 67.3 Å². The van der Waals surface area contributed by atoms with Gasteiger partial charge in [0.05, 0.1) is 11.4 Å². The largest absolute Gasteiger partial charge is 0.264 e. The molecule has 280 valence electrons. The second-order valence-corrected chi connectivity index (χ2v) is 17.4. The molecule has 0 bridgehead atoms. The maximum Gasteiger partial charge on any atom is 0.160 e. The first kappa shape index (κ1) is 34.7. The molecule has 0 unspecified atom stereocenters. The van der Waals surface area contributed by atoms with Crippen LogP contribution in [0.3, 0.4) is 0 Å². The van der Waals surface area contributed by atoms with Crippen molar-refractivity contribution in [2.45, 2.75) is 0 Å². The lowest BCUT2D eigenvalue weighted by molar-refractivity contribution is 1.18. The molecule has 0 spiro atoms. The highest BCUT2D eigenvalue weighted by atomic mass is 32.1. The quantitative estimate of drug-likeness (QED) is 0.168. The van der Waals surface area contributed by atoms with E-state index in [0.29, 0.717) is 5.82 Å². The van der Waals surface area contributed by atoms with E-state index >= 15 is 0 Å². The summed E-state index contributed by atoms with van der Waals surface area (Å²) in [5.74, 6) is 0.693. The van der Waals surface area contributed by atoms with Crippen molar-refractivity contribution in [2.24, 2.45) is 0 Å². The molecule has 0 N–H and O–H groups in total. The van der Waals surface area contributed by atoms with Crippen molar-refractivity contribution in [1.82, 2.24) is 15.0 Å². The molecule has 12 aromatic rings. The summed E-state index contributed by atoms with van der Waals surface area (Å²) >= 11 is 3.70. The summed E-state index contributed by atoms with van der Waals surface area (Å²) in [4.78, 5) is 14.9. The van der Waals surface area contributed by atoms with Gasteiger partial charge in [0.1, 0.15) is 0 Å². The van der Waals surface area contributed by atoms with E-state index in [1.54, 1.807) is 0 Å². The van der Waals surface area contributed by atoms with Crippen molar-refractivity contribution >= 4 is 73.8 Å². The zero-order valence-corrected chi connectivity index (χ0v) is 33.8. The van der Waals surface area contributed by atoms with E-state index < -0.39 is 0 Å². The molecule has 4 heterocycles. The molecule has 3 nitrogen and oxygen atoms in total. The Morgan fingerprint density at radius 1 is 0.317 bits per heavy atom. The van der Waals surface area contributed by atoms with Crippen LogP contribution in [-0.2, 0) is 0 Å². The molecule has 0 amide bonds. The maximum atomic E-state index is 5.32. The first-order valence-electron chi connectivity index (χ1n) is 20.1. The van der Waals surface area contributed by atoms with Crippen LogP contribution in [0.25, 0.3) is 118 Å². The van der Waals surface area contributed by atoms with Gasteiger partial charge in [-0.25, -0.2) is 9.97 Å². The number of pyridine rings is 1. The van der Waals surface area contributed by atoms with E-state index in [-0.39, 0.29) is 0 Å². The van der Waals surface area contributed by atoms with E-state index in [2.05, 4.69) is 175 Å². The Bertz CT molecular complexity index is 3470. The Balaban J connectivity index is 1.04. The van der Waals surface area contributed by atoms with E-state index in [4.69, 9.17) is 9.97 Å². The molecule has 0 aliphatic heterocycles. The average molecular weight is 800 g/mol. The number of hydrogen-bond acceptors (Lipinski definition) is 5. The Kier molecular flexibility index (Phi) is 8.22. The molecule has 0 aliphatic rings. The number of fused-ring (bicyclic) bond motifs is 7. The van der Waals surface area contributed by atoms with Gasteiger partial charge >= 0.3 is 0 Å². The van der Waals surface area contributed by atoms with Crippen LogP contribution < -0.4 is 0 Å². The van der Waals surface area contributed by atoms with Crippen LogP contribution in [0.4, 0.5) is 0 Å². The average Bonchev–Trinajstić information content (AvgIpc) is 3.89. The fraction of sp³-hybridized carbons (Fsp3) is 0. The first-order valence-corrected chi connectivity index (χ1v) is 21.7. The molecule has 4 aromatic heterocycles. The standard InChI is InChI=1S/C55H33N3S2/c1-2-9-36(10-3-1)55-57-49(35-19-17-34(18-20-35)43-14-8-11-39-33-56-26-25-44(39)43)32-50(58-55)42-28-40(37-21-23-53-47(30-37)45-12-4-6-15-51(45)59-53)27-41(29-42)38-22-24-54-48(31-38)46-13-5-7-16-52(46)60-54/h1-33H. The van der Waals surface area contributed by atoms with Gasteiger partial charge in [-0.2, -0.15) is 0 Å². The van der Waals surface area contributed by atoms with Gasteiger partial charge in [0.25, 0.3) is 0 Å². The highest BCUT2D eigenvalue weighted by Crippen LogP contribution is 2.41. The number of hydrogen-bond donors (Lipinski definition) is 0. The van der Waals surface area contributed by atoms with E-state index in [1.807, 2.05) is 53.3 Å². The molecule has 12 rings (SSSR count). The molecular weight excluding hydrogens is 767 g/mol. The molecular formula is C55H33N3S2. The Labute approximate surface area is 354 Å². The van der Waals surface area contributed by atoms with Crippen LogP contribution in [-0.4, -0.2) is 15.0 Å². The third kappa shape index (κ3) is 6.06. The molecule has 0 fully saturated rings. The molecule has 0 radical (unpaired) electrons. The van der Waals surface area contributed by atoms with Crippen molar-refractivity contribution in [1.29, 1.82) is 0 Å². The van der Waals surface area contributed by atoms with Crippen molar-refractivity contribution in [3.05, 3.63) is 200 Å². The van der Waals surface area contributed by atoms with Crippen LogP contribution in [0.5, 0.6) is 0 Å². The van der Waals surface area contributed by atoms with Crippen LogP contribution in [0.1, 0.15) is 0 Å². The van der Waals surface area contributed by atoms with Crippen LogP contribution >= 0.6 is 22.7 Å². The summed E-state index contributed by atoms with van der Waals surface area (Å²) in [6.45, 7) is 0. The summed E-state index contributed by atoms with van der Waals surface area (Å²) in [7, 11) is 0. The fourth-order valence-electron chi connectivity index (χ4n) is 8.57. The molecule has 0 saturated heterocycles. The highest BCUT2D eigenvalue weighted by molar-refractivity contribution is 7.26. The van der Waals surface area contributed by atoms with E-state index in [1.165, 1.54) is 62.4 Å². The van der Waals surface area contributed by atoms with Gasteiger partial charge in [-0.1, -0.05) is 121 Å². The molecule has 0 atom stereocenters. The highest BCUT2D eigenvalue weighted by Gasteiger charge is 2.16. The van der Waals surface area contributed by atoms with Crippen LogP contribution in [0, 0.1) is 0 Å². The maximum absolute atomic E-state index is 5.32. The topological polar surface area (TPSA) is 38.7 Å². The SMILES string of the molecule is c1ccc(-c2nc(-c3ccc(-c4cccc5cnccc45)cc3)cc(-c3cc(-c4ccc5sc6ccccc6c5c4)cc(-c4ccc5sc6ccccc6c5c4)c3)n2)cc1. The molecule has 5 heteroatoms. The number of thiophene rings is 2. The third-order valence-corrected chi connectivity index (χ3v) is 13.9. The van der Waals surface area contributed by atoms with Gasteiger partial charge in [-0.15, -0.1) is 22.7 Å². The van der Waals surface area contributed by atoms with E-state index in [0.717, 1.165) is 50.2 Å². The first-order chi connectivity index (χ1) is 29.7. The second kappa shape index (κ2) is 14.2. The minimum atomic E-state index is 0.693. The van der Waals surface area contributed by atoms with Crippen molar-refractivity contribution in [2.75, 3.05) is 0 Å². The van der Waals surface area contributed by atoms with Crippen LogP contribution in [0.15, 0.2) is 200 Å². The van der Waals surface area contributed by atoms with Gasteiger partial charge in [0.15, 0.2) is 5.82 Å². The van der Waals surface area contributed by atoms with E-state index in [9.17, 15) is 0 Å². The lowest BCUT2D eigenvalue weighted by atomic mass is 9.93. The summed E-state index contributed by atoms with van der Waals surface area (Å²) in [5, 5.41) is 7.46. The fourth-order valence-corrected chi connectivity index (χ4v) is 10.7. The summed E-state index contributed by atoms with van der Waals surface area (Å²) in [6, 6.07) is 67.9. The zero-order chi connectivity index (χ0) is 39.6. The second-order valence-electron chi connectivity index (χ2n) is 15.2. The van der Waals surface area contributed by atoms with Gasteiger partial charge < -0.3 is 0 Å². The third-order valence-electron chi connectivity index (χ3n) is 11.6. The summed E-state index contributed by atoms with van der Waals surface area (Å²) in [6.07, 6.45) is 3.78. The monoisotopic (exact) mass is 799 g/mol. The lowest BCUT2D eigenvalue weighted by Gasteiger charge is -2.14.